The second-order valence-electron chi connectivity index (χ2n) is 7.51. The molecule has 0 spiro atoms. The molecule has 0 radical (unpaired) electrons. The molecule has 0 saturated carbocycles. The van der Waals surface area contributed by atoms with E-state index in [1.807, 2.05) is 55.5 Å². The van der Waals surface area contributed by atoms with Gasteiger partial charge < -0.3 is 5.32 Å². The summed E-state index contributed by atoms with van der Waals surface area (Å²) in [6, 6.07) is 20.7. The lowest BCUT2D eigenvalue weighted by atomic mass is 10.1. The SMILES string of the molecule is Cc1cccn2c(NC(=O)CN(C)S(=O)(=O)c3ccc(C#N)cc3)c(-c3ccccc3)nc12. The van der Waals surface area contributed by atoms with Gasteiger partial charge in [0.2, 0.25) is 15.9 Å². The van der Waals surface area contributed by atoms with Gasteiger partial charge in [-0.05, 0) is 42.8 Å². The van der Waals surface area contributed by atoms with Gasteiger partial charge >= 0.3 is 0 Å². The van der Waals surface area contributed by atoms with Crippen molar-refractivity contribution >= 4 is 27.4 Å². The molecular formula is C24H21N5O3S. The zero-order valence-electron chi connectivity index (χ0n) is 18.1. The van der Waals surface area contributed by atoms with Gasteiger partial charge in [-0.25, -0.2) is 13.4 Å². The molecule has 2 aromatic carbocycles. The summed E-state index contributed by atoms with van der Waals surface area (Å²) in [5, 5.41) is 11.8. The number of fused-ring (bicyclic) bond motifs is 1. The molecule has 33 heavy (non-hydrogen) atoms. The molecule has 0 unspecified atom stereocenters. The van der Waals surface area contributed by atoms with Gasteiger partial charge in [0.1, 0.15) is 17.2 Å². The van der Waals surface area contributed by atoms with Crippen LogP contribution in [0.25, 0.3) is 16.9 Å². The normalized spacial score (nSPS) is 11.5. The minimum absolute atomic E-state index is 0.00667. The van der Waals surface area contributed by atoms with E-state index in [1.165, 1.54) is 31.3 Å². The first-order valence-corrected chi connectivity index (χ1v) is 11.5. The maximum Gasteiger partial charge on any atom is 0.243 e. The van der Waals surface area contributed by atoms with E-state index >= 15 is 0 Å². The van der Waals surface area contributed by atoms with Crippen LogP contribution in [-0.4, -0.2) is 41.6 Å². The molecule has 4 aromatic rings. The number of likely N-dealkylation sites (N-methyl/N-ethyl adjacent to an activating group) is 1. The van der Waals surface area contributed by atoms with Crippen molar-refractivity contribution in [3.63, 3.8) is 0 Å². The molecule has 8 nitrogen and oxygen atoms in total. The third kappa shape index (κ3) is 4.35. The Morgan fingerprint density at radius 2 is 1.79 bits per heavy atom. The van der Waals surface area contributed by atoms with Gasteiger partial charge in [0, 0.05) is 18.8 Å². The highest BCUT2D eigenvalue weighted by atomic mass is 32.2. The molecule has 2 aromatic heterocycles. The summed E-state index contributed by atoms with van der Waals surface area (Å²) in [4.78, 5) is 17.6. The predicted molar refractivity (Wildman–Crippen MR) is 125 cm³/mol. The number of nitriles is 1. The van der Waals surface area contributed by atoms with Crippen LogP contribution in [0.1, 0.15) is 11.1 Å². The number of imidazole rings is 1. The third-order valence-electron chi connectivity index (χ3n) is 5.21. The van der Waals surface area contributed by atoms with Crippen LogP contribution in [0.3, 0.4) is 0 Å². The molecule has 1 N–H and O–H groups in total. The molecule has 0 bridgehead atoms. The van der Waals surface area contributed by atoms with Crippen molar-refractivity contribution < 1.29 is 13.2 Å². The van der Waals surface area contributed by atoms with Gasteiger partial charge in [-0.3, -0.25) is 9.20 Å². The number of rotatable bonds is 6. The lowest BCUT2D eigenvalue weighted by molar-refractivity contribution is -0.116. The fourth-order valence-electron chi connectivity index (χ4n) is 3.46. The molecule has 9 heteroatoms. The Kier molecular flexibility index (Phi) is 5.96. The van der Waals surface area contributed by atoms with Gasteiger partial charge in [-0.15, -0.1) is 0 Å². The summed E-state index contributed by atoms with van der Waals surface area (Å²) in [6.07, 6.45) is 1.80. The summed E-state index contributed by atoms with van der Waals surface area (Å²) in [5.41, 5.74) is 3.41. The Labute approximate surface area is 191 Å². The highest BCUT2D eigenvalue weighted by molar-refractivity contribution is 7.89. The second-order valence-corrected chi connectivity index (χ2v) is 9.55. The number of nitrogens with one attached hydrogen (secondary N) is 1. The van der Waals surface area contributed by atoms with Crippen LogP contribution in [-0.2, 0) is 14.8 Å². The highest BCUT2D eigenvalue weighted by Gasteiger charge is 2.24. The van der Waals surface area contributed by atoms with Gasteiger partial charge in [0.05, 0.1) is 23.1 Å². The number of carbonyl (C=O) groups excluding carboxylic acids is 1. The van der Waals surface area contributed by atoms with Crippen molar-refractivity contribution in [1.29, 1.82) is 5.26 Å². The average molecular weight is 460 g/mol. The summed E-state index contributed by atoms with van der Waals surface area (Å²) in [5.74, 6) is -0.0377. The van der Waals surface area contributed by atoms with E-state index in [2.05, 4.69) is 5.32 Å². The highest BCUT2D eigenvalue weighted by Crippen LogP contribution is 2.29. The lowest BCUT2D eigenvalue weighted by Gasteiger charge is -2.17. The summed E-state index contributed by atoms with van der Waals surface area (Å²) < 4.78 is 28.5. The largest absolute Gasteiger partial charge is 0.309 e. The molecule has 0 atom stereocenters. The molecule has 2 heterocycles. The van der Waals surface area contributed by atoms with E-state index < -0.39 is 22.5 Å². The number of aryl methyl sites for hydroxylation is 1. The standard InChI is InChI=1S/C24H21N5O3S/c1-17-7-6-14-29-23(17)27-22(19-8-4-3-5-9-19)24(29)26-21(30)16-28(2)33(31,32)20-12-10-18(15-25)11-13-20/h3-14H,16H2,1-2H3,(H,26,30). The number of anilines is 1. The van der Waals surface area contributed by atoms with E-state index in [-0.39, 0.29) is 4.90 Å². The molecule has 0 aliphatic heterocycles. The van der Waals surface area contributed by atoms with Crippen LogP contribution in [0.15, 0.2) is 77.8 Å². The van der Waals surface area contributed by atoms with Gasteiger partial charge in [0.15, 0.2) is 0 Å². The number of sulfonamides is 1. The average Bonchev–Trinajstić information content (AvgIpc) is 3.19. The second kappa shape index (κ2) is 8.86. The Bertz CT molecular complexity index is 1470. The van der Waals surface area contributed by atoms with Crippen LogP contribution in [0.5, 0.6) is 0 Å². The number of benzene rings is 2. The van der Waals surface area contributed by atoms with Crippen molar-refractivity contribution in [2.24, 2.45) is 0 Å². The zero-order valence-corrected chi connectivity index (χ0v) is 18.9. The number of pyridine rings is 1. The van der Waals surface area contributed by atoms with Gasteiger partial charge in [-0.2, -0.15) is 9.57 Å². The molecule has 1 amide bonds. The maximum atomic E-state index is 12.9. The minimum atomic E-state index is -3.91. The van der Waals surface area contributed by atoms with E-state index in [9.17, 15) is 13.2 Å². The molecule has 0 fully saturated rings. The van der Waals surface area contributed by atoms with Crippen molar-refractivity contribution in [2.75, 3.05) is 18.9 Å². The summed E-state index contributed by atoms with van der Waals surface area (Å²) in [6.45, 7) is 1.54. The van der Waals surface area contributed by atoms with Crippen LogP contribution >= 0.6 is 0 Å². The van der Waals surface area contributed by atoms with Crippen LogP contribution < -0.4 is 5.32 Å². The van der Waals surface area contributed by atoms with E-state index in [1.54, 1.807) is 10.6 Å². The van der Waals surface area contributed by atoms with Crippen LogP contribution in [0.2, 0.25) is 0 Å². The fourth-order valence-corrected chi connectivity index (χ4v) is 4.59. The maximum absolute atomic E-state index is 12.9. The third-order valence-corrected chi connectivity index (χ3v) is 7.03. The monoisotopic (exact) mass is 459 g/mol. The first kappa shape index (κ1) is 22.2. The fraction of sp³-hybridized carbons (Fsp3) is 0.125. The number of carbonyl (C=O) groups is 1. The summed E-state index contributed by atoms with van der Waals surface area (Å²) >= 11 is 0. The molecule has 0 saturated heterocycles. The smallest absolute Gasteiger partial charge is 0.243 e. The van der Waals surface area contributed by atoms with Crippen molar-refractivity contribution in [1.82, 2.24) is 13.7 Å². The number of aromatic nitrogens is 2. The quantitative estimate of drug-likeness (QED) is 0.475. The Morgan fingerprint density at radius 3 is 2.45 bits per heavy atom. The number of amides is 1. The van der Waals surface area contributed by atoms with Crippen molar-refractivity contribution in [3.8, 4) is 17.3 Å². The number of hydrogen-bond acceptors (Lipinski definition) is 5. The Balaban J connectivity index is 1.62. The molecule has 0 aliphatic carbocycles. The van der Waals surface area contributed by atoms with Crippen LogP contribution in [0, 0.1) is 18.3 Å². The first-order chi connectivity index (χ1) is 15.8. The van der Waals surface area contributed by atoms with Gasteiger partial charge in [-0.1, -0.05) is 36.4 Å². The summed E-state index contributed by atoms with van der Waals surface area (Å²) in [7, 11) is -2.57. The molecule has 4 rings (SSSR count). The Hall–Kier alpha value is -4.00. The van der Waals surface area contributed by atoms with E-state index in [0.29, 0.717) is 22.7 Å². The van der Waals surface area contributed by atoms with Crippen molar-refractivity contribution in [3.05, 3.63) is 84.1 Å². The minimum Gasteiger partial charge on any atom is -0.309 e. The van der Waals surface area contributed by atoms with Crippen molar-refractivity contribution in [2.45, 2.75) is 11.8 Å². The molecule has 0 aliphatic rings. The molecule has 166 valence electrons. The van der Waals surface area contributed by atoms with Gasteiger partial charge in [0.25, 0.3) is 0 Å². The predicted octanol–water partition coefficient (Wildman–Crippen LogP) is 3.44. The van der Waals surface area contributed by atoms with Crippen LogP contribution in [0.4, 0.5) is 5.82 Å². The zero-order chi connectivity index (χ0) is 23.6. The molecular weight excluding hydrogens is 438 g/mol. The number of nitrogens with zero attached hydrogens (tertiary/aromatic N) is 4. The number of hydrogen-bond donors (Lipinski definition) is 1. The Morgan fingerprint density at radius 1 is 1.09 bits per heavy atom. The van der Waals surface area contributed by atoms with E-state index in [4.69, 9.17) is 10.2 Å². The topological polar surface area (TPSA) is 108 Å². The lowest BCUT2D eigenvalue weighted by Crippen LogP contribution is -2.35. The first-order valence-electron chi connectivity index (χ1n) is 10.1. The van der Waals surface area contributed by atoms with E-state index in [0.717, 1.165) is 15.4 Å².